The van der Waals surface area contributed by atoms with Gasteiger partial charge in [0.2, 0.25) is 17.2 Å². The maximum Gasteiger partial charge on any atom is 0.231 e. The minimum absolute atomic E-state index is 0.268. The number of piperidine rings is 1. The Bertz CT molecular complexity index is 409. The Hall–Kier alpha value is -1.10. The summed E-state index contributed by atoms with van der Waals surface area (Å²) in [5.74, 6) is 1.33. The molecule has 1 aromatic heterocycles. The summed E-state index contributed by atoms with van der Waals surface area (Å²) in [5, 5.41) is 0.268. The molecule has 1 aromatic rings. The van der Waals surface area contributed by atoms with Crippen molar-refractivity contribution >= 4 is 23.5 Å². The molecular formula is C12H20ClN5. The molecule has 1 saturated heterocycles. The van der Waals surface area contributed by atoms with Crippen LogP contribution in [-0.4, -0.2) is 41.6 Å². The van der Waals surface area contributed by atoms with Crippen LogP contribution in [0, 0.1) is 0 Å². The molecule has 6 heteroatoms. The van der Waals surface area contributed by atoms with Crippen molar-refractivity contribution in [3.05, 3.63) is 5.28 Å². The second-order valence-electron chi connectivity index (χ2n) is 4.85. The lowest BCUT2D eigenvalue weighted by Crippen LogP contribution is -2.40. The van der Waals surface area contributed by atoms with E-state index in [9.17, 15) is 0 Å². The Balaban J connectivity index is 2.30. The highest BCUT2D eigenvalue weighted by Crippen LogP contribution is 2.25. The van der Waals surface area contributed by atoms with Crippen molar-refractivity contribution in [2.45, 2.75) is 38.6 Å². The lowest BCUT2D eigenvalue weighted by molar-refractivity contribution is 0.443. The van der Waals surface area contributed by atoms with Crippen LogP contribution in [0.5, 0.6) is 0 Å². The molecule has 2 rings (SSSR count). The van der Waals surface area contributed by atoms with Crippen LogP contribution in [0.3, 0.4) is 0 Å². The maximum atomic E-state index is 5.99. The van der Waals surface area contributed by atoms with Crippen LogP contribution in [-0.2, 0) is 0 Å². The van der Waals surface area contributed by atoms with Crippen molar-refractivity contribution in [1.82, 2.24) is 15.0 Å². The number of nitrogens with zero attached hydrogens (tertiary/aromatic N) is 5. The van der Waals surface area contributed by atoms with E-state index >= 15 is 0 Å². The van der Waals surface area contributed by atoms with E-state index < -0.39 is 0 Å². The van der Waals surface area contributed by atoms with Gasteiger partial charge in [0, 0.05) is 26.7 Å². The Morgan fingerprint density at radius 1 is 1.28 bits per heavy atom. The average molecular weight is 270 g/mol. The Labute approximate surface area is 113 Å². The van der Waals surface area contributed by atoms with Gasteiger partial charge in [-0.2, -0.15) is 15.0 Å². The van der Waals surface area contributed by atoms with E-state index in [-0.39, 0.29) is 5.28 Å². The van der Waals surface area contributed by atoms with Crippen molar-refractivity contribution in [1.29, 1.82) is 0 Å². The molecule has 0 N–H and O–H groups in total. The van der Waals surface area contributed by atoms with Crippen molar-refractivity contribution in [3.8, 4) is 0 Å². The van der Waals surface area contributed by atoms with Gasteiger partial charge >= 0.3 is 0 Å². The van der Waals surface area contributed by atoms with Gasteiger partial charge in [0.25, 0.3) is 0 Å². The van der Waals surface area contributed by atoms with Crippen molar-refractivity contribution in [3.63, 3.8) is 0 Å². The molecule has 0 spiro atoms. The molecule has 1 fully saturated rings. The molecule has 0 bridgehead atoms. The first-order valence-corrected chi connectivity index (χ1v) is 6.85. The monoisotopic (exact) mass is 269 g/mol. The predicted octanol–water partition coefficient (Wildman–Crippen LogP) is 2.36. The van der Waals surface area contributed by atoms with Gasteiger partial charge in [-0.1, -0.05) is 6.92 Å². The first-order chi connectivity index (χ1) is 8.61. The van der Waals surface area contributed by atoms with Gasteiger partial charge in [-0.25, -0.2) is 0 Å². The normalized spacial score (nSPS) is 20.0. The zero-order valence-electron chi connectivity index (χ0n) is 11.2. The molecule has 0 radical (unpaired) electrons. The van der Waals surface area contributed by atoms with Gasteiger partial charge in [0.1, 0.15) is 0 Å². The number of rotatable bonds is 3. The van der Waals surface area contributed by atoms with Crippen molar-refractivity contribution in [2.75, 3.05) is 30.4 Å². The molecule has 5 nitrogen and oxygen atoms in total. The molecule has 1 aliphatic heterocycles. The maximum absolute atomic E-state index is 5.99. The van der Waals surface area contributed by atoms with Crippen molar-refractivity contribution in [2.24, 2.45) is 0 Å². The molecule has 1 atom stereocenters. The van der Waals surface area contributed by atoms with Gasteiger partial charge in [0.15, 0.2) is 0 Å². The molecule has 1 aliphatic rings. The third-order valence-corrected chi connectivity index (χ3v) is 3.51. The SMILES string of the molecule is CCC1CCCCN1c1nc(Cl)nc(N(C)C)n1. The fraction of sp³-hybridized carbons (Fsp3) is 0.750. The second kappa shape index (κ2) is 5.69. The second-order valence-corrected chi connectivity index (χ2v) is 5.19. The summed E-state index contributed by atoms with van der Waals surface area (Å²) in [6.07, 6.45) is 4.79. The molecule has 1 unspecified atom stereocenters. The largest absolute Gasteiger partial charge is 0.347 e. The summed E-state index contributed by atoms with van der Waals surface area (Å²) in [6, 6.07) is 0.521. The van der Waals surface area contributed by atoms with Crippen molar-refractivity contribution < 1.29 is 0 Å². The predicted molar refractivity (Wildman–Crippen MR) is 74.4 cm³/mol. The Morgan fingerprint density at radius 2 is 2.06 bits per heavy atom. The van der Waals surface area contributed by atoms with E-state index in [0.717, 1.165) is 13.0 Å². The number of halogens is 1. The zero-order chi connectivity index (χ0) is 13.1. The number of aromatic nitrogens is 3. The molecule has 100 valence electrons. The first kappa shape index (κ1) is 13.3. The standard InChI is InChI=1S/C12H20ClN5/c1-4-9-7-5-6-8-18(9)12-15-10(13)14-11(16-12)17(2)3/h9H,4-8H2,1-3H3. The lowest BCUT2D eigenvalue weighted by Gasteiger charge is -2.35. The zero-order valence-corrected chi connectivity index (χ0v) is 12.0. The van der Waals surface area contributed by atoms with E-state index in [0.29, 0.717) is 17.9 Å². The highest BCUT2D eigenvalue weighted by Gasteiger charge is 2.24. The minimum Gasteiger partial charge on any atom is -0.347 e. The topological polar surface area (TPSA) is 45.2 Å². The van der Waals surface area contributed by atoms with Gasteiger partial charge in [-0.15, -0.1) is 0 Å². The van der Waals surface area contributed by atoms with Gasteiger partial charge in [-0.05, 0) is 37.3 Å². The van der Waals surface area contributed by atoms with E-state index in [2.05, 4.69) is 26.8 Å². The third kappa shape index (κ3) is 2.83. The fourth-order valence-corrected chi connectivity index (χ4v) is 2.50. The van der Waals surface area contributed by atoms with Crippen LogP contribution < -0.4 is 9.80 Å². The summed E-state index contributed by atoms with van der Waals surface area (Å²) in [6.45, 7) is 3.21. The molecule has 0 aliphatic carbocycles. The van der Waals surface area contributed by atoms with Crippen LogP contribution in [0.25, 0.3) is 0 Å². The Kier molecular flexibility index (Phi) is 4.22. The number of anilines is 2. The van der Waals surface area contributed by atoms with Gasteiger partial charge in [0.05, 0.1) is 0 Å². The molecule has 0 aromatic carbocycles. The highest BCUT2D eigenvalue weighted by atomic mass is 35.5. The quantitative estimate of drug-likeness (QED) is 0.843. The number of hydrogen-bond donors (Lipinski definition) is 0. The van der Waals surface area contributed by atoms with Crippen LogP contribution in [0.15, 0.2) is 0 Å². The smallest absolute Gasteiger partial charge is 0.231 e. The minimum atomic E-state index is 0.268. The van der Waals surface area contributed by atoms with Gasteiger partial charge in [-0.3, -0.25) is 0 Å². The lowest BCUT2D eigenvalue weighted by atomic mass is 10.0. The van der Waals surface area contributed by atoms with E-state index in [1.165, 1.54) is 19.3 Å². The van der Waals surface area contributed by atoms with E-state index in [1.54, 1.807) is 0 Å². The molecule has 0 saturated carbocycles. The Morgan fingerprint density at radius 3 is 2.72 bits per heavy atom. The first-order valence-electron chi connectivity index (χ1n) is 6.47. The summed E-state index contributed by atoms with van der Waals surface area (Å²) in [7, 11) is 3.81. The van der Waals surface area contributed by atoms with E-state index in [1.807, 2.05) is 19.0 Å². The summed E-state index contributed by atoms with van der Waals surface area (Å²) in [5.41, 5.74) is 0. The third-order valence-electron chi connectivity index (χ3n) is 3.34. The van der Waals surface area contributed by atoms with Crippen LogP contribution in [0.1, 0.15) is 32.6 Å². The molecule has 0 amide bonds. The van der Waals surface area contributed by atoms with Crippen LogP contribution in [0.2, 0.25) is 5.28 Å². The van der Waals surface area contributed by atoms with Crippen LogP contribution in [0.4, 0.5) is 11.9 Å². The molecular weight excluding hydrogens is 250 g/mol. The average Bonchev–Trinajstić information content (AvgIpc) is 2.38. The van der Waals surface area contributed by atoms with Crippen LogP contribution >= 0.6 is 11.6 Å². The molecule has 2 heterocycles. The fourth-order valence-electron chi connectivity index (χ4n) is 2.35. The number of hydrogen-bond acceptors (Lipinski definition) is 5. The summed E-state index contributed by atoms with van der Waals surface area (Å²) < 4.78 is 0. The molecule has 18 heavy (non-hydrogen) atoms. The van der Waals surface area contributed by atoms with Gasteiger partial charge < -0.3 is 9.80 Å². The summed E-state index contributed by atoms with van der Waals surface area (Å²) >= 11 is 5.99. The highest BCUT2D eigenvalue weighted by molar-refractivity contribution is 6.28. The summed E-state index contributed by atoms with van der Waals surface area (Å²) in [4.78, 5) is 17.0. The van der Waals surface area contributed by atoms with E-state index in [4.69, 9.17) is 11.6 Å².